The number of hydrazine groups is 1. The molecule has 1 aromatic heterocycles. The second-order valence-electron chi connectivity index (χ2n) is 7.76. The fourth-order valence-electron chi connectivity index (χ4n) is 3.83. The van der Waals surface area contributed by atoms with Gasteiger partial charge in [0.25, 0.3) is 0 Å². The zero-order valence-corrected chi connectivity index (χ0v) is 18.1. The molecule has 10 heteroatoms. The lowest BCUT2D eigenvalue weighted by molar-refractivity contribution is -0.138. The van der Waals surface area contributed by atoms with Gasteiger partial charge in [0.1, 0.15) is 11.8 Å². The van der Waals surface area contributed by atoms with Gasteiger partial charge in [0.05, 0.1) is 29.2 Å². The molecule has 0 radical (unpaired) electrons. The number of nitrogens with zero attached hydrogens (tertiary/aromatic N) is 3. The fourth-order valence-corrected chi connectivity index (χ4v) is 3.83. The monoisotopic (exact) mass is 448 g/mol. The molecule has 0 spiro atoms. The normalized spacial score (nSPS) is 14.7. The maximum absolute atomic E-state index is 13.8. The number of hydrogen-bond donors (Lipinski definition) is 3. The number of rotatable bonds is 7. The molecule has 1 fully saturated rings. The minimum Gasteiger partial charge on any atom is -0.493 e. The van der Waals surface area contributed by atoms with E-state index in [4.69, 9.17) is 10.6 Å². The van der Waals surface area contributed by atoms with Crippen molar-refractivity contribution < 1.29 is 17.9 Å². The molecular weight excluding hydrogens is 421 g/mol. The molecule has 0 saturated carbocycles. The standard InChI is InChI=1S/C22H27F3N6O/c1-28-21-18(13-26)30-17(12-19(21)31(2)27)15-3-4-20(16(11-15)22(23,24)25)32-10-7-14-5-8-29-9-6-14/h3-4,11-12,14,28-29H,5-10,27H2,1-2H3. The summed E-state index contributed by atoms with van der Waals surface area (Å²) in [4.78, 5) is 4.23. The van der Waals surface area contributed by atoms with E-state index in [1.54, 1.807) is 20.2 Å². The van der Waals surface area contributed by atoms with Gasteiger partial charge in [-0.15, -0.1) is 0 Å². The van der Waals surface area contributed by atoms with Crippen LogP contribution < -0.4 is 26.2 Å². The highest BCUT2D eigenvalue weighted by Crippen LogP contribution is 2.40. The van der Waals surface area contributed by atoms with E-state index in [2.05, 4.69) is 15.6 Å². The van der Waals surface area contributed by atoms with Crippen molar-refractivity contribution in [2.75, 3.05) is 44.1 Å². The van der Waals surface area contributed by atoms with Crippen LogP contribution in [0.5, 0.6) is 5.75 Å². The molecule has 1 saturated heterocycles. The highest BCUT2D eigenvalue weighted by molar-refractivity contribution is 5.79. The zero-order valence-electron chi connectivity index (χ0n) is 18.1. The molecule has 32 heavy (non-hydrogen) atoms. The van der Waals surface area contributed by atoms with Crippen molar-refractivity contribution in [2.24, 2.45) is 11.8 Å². The first-order valence-corrected chi connectivity index (χ1v) is 10.4. The number of nitrogens with two attached hydrogens (primary N) is 1. The maximum atomic E-state index is 13.8. The summed E-state index contributed by atoms with van der Waals surface area (Å²) < 4.78 is 46.9. The van der Waals surface area contributed by atoms with Gasteiger partial charge in [-0.2, -0.15) is 18.4 Å². The van der Waals surface area contributed by atoms with Gasteiger partial charge in [0.15, 0.2) is 5.69 Å². The number of nitriles is 1. The number of hydrogen-bond acceptors (Lipinski definition) is 7. The number of aromatic nitrogens is 1. The van der Waals surface area contributed by atoms with E-state index in [0.29, 0.717) is 23.7 Å². The molecular formula is C22H27F3N6O. The van der Waals surface area contributed by atoms with E-state index in [0.717, 1.165) is 32.0 Å². The molecule has 2 heterocycles. The van der Waals surface area contributed by atoms with Crippen LogP contribution in [0.4, 0.5) is 24.5 Å². The lowest BCUT2D eigenvalue weighted by Gasteiger charge is -2.23. The Morgan fingerprint density at radius 2 is 2.03 bits per heavy atom. The third-order valence-corrected chi connectivity index (χ3v) is 5.56. The van der Waals surface area contributed by atoms with Gasteiger partial charge >= 0.3 is 6.18 Å². The number of nitrogens with one attached hydrogen (secondary N) is 2. The van der Waals surface area contributed by atoms with Crippen LogP contribution in [0.2, 0.25) is 0 Å². The minimum absolute atomic E-state index is 0.0353. The van der Waals surface area contributed by atoms with Gasteiger partial charge in [0, 0.05) is 19.7 Å². The largest absolute Gasteiger partial charge is 0.493 e. The Bertz CT molecular complexity index is 981. The number of anilines is 2. The average Bonchev–Trinajstić information content (AvgIpc) is 2.78. The van der Waals surface area contributed by atoms with Gasteiger partial charge in [-0.1, -0.05) is 0 Å². The molecule has 0 aliphatic carbocycles. The van der Waals surface area contributed by atoms with Crippen LogP contribution in [-0.2, 0) is 6.18 Å². The number of halogens is 3. The summed E-state index contributed by atoms with van der Waals surface area (Å²) in [6.45, 7) is 2.08. The molecule has 0 bridgehead atoms. The van der Waals surface area contributed by atoms with Crippen LogP contribution in [0.3, 0.4) is 0 Å². The Balaban J connectivity index is 1.91. The highest BCUT2D eigenvalue weighted by Gasteiger charge is 2.35. The van der Waals surface area contributed by atoms with Gasteiger partial charge in [-0.05, 0) is 62.5 Å². The molecule has 1 aliphatic rings. The highest BCUT2D eigenvalue weighted by atomic mass is 19.4. The van der Waals surface area contributed by atoms with Gasteiger partial charge in [-0.25, -0.2) is 10.8 Å². The Morgan fingerprint density at radius 3 is 2.62 bits per heavy atom. The third-order valence-electron chi connectivity index (χ3n) is 5.56. The first-order valence-electron chi connectivity index (χ1n) is 10.4. The van der Waals surface area contributed by atoms with Crippen LogP contribution in [0.15, 0.2) is 24.3 Å². The van der Waals surface area contributed by atoms with Crippen molar-refractivity contribution in [2.45, 2.75) is 25.4 Å². The number of pyridine rings is 1. The van der Waals surface area contributed by atoms with E-state index < -0.39 is 11.7 Å². The molecule has 1 aromatic carbocycles. The summed E-state index contributed by atoms with van der Waals surface area (Å²) in [5.41, 5.74) is 0.416. The summed E-state index contributed by atoms with van der Waals surface area (Å²) in [5, 5.41) is 16.9. The van der Waals surface area contributed by atoms with Crippen molar-refractivity contribution in [3.8, 4) is 23.1 Å². The van der Waals surface area contributed by atoms with Crippen molar-refractivity contribution in [3.63, 3.8) is 0 Å². The SMILES string of the molecule is CNc1c(N(C)N)cc(-c2ccc(OCCC3CCNCC3)c(C(F)(F)F)c2)nc1C#N. The number of ether oxygens (including phenoxy) is 1. The topological polar surface area (TPSA) is 99.2 Å². The van der Waals surface area contributed by atoms with Crippen LogP contribution >= 0.6 is 0 Å². The predicted octanol–water partition coefficient (Wildman–Crippen LogP) is 3.76. The predicted molar refractivity (Wildman–Crippen MR) is 117 cm³/mol. The molecule has 4 N–H and O–H groups in total. The van der Waals surface area contributed by atoms with Crippen LogP contribution in [0.25, 0.3) is 11.3 Å². The van der Waals surface area contributed by atoms with Gasteiger partial charge < -0.3 is 20.4 Å². The van der Waals surface area contributed by atoms with E-state index in [9.17, 15) is 18.4 Å². The van der Waals surface area contributed by atoms with E-state index in [-0.39, 0.29) is 29.3 Å². The smallest absolute Gasteiger partial charge is 0.419 e. The molecule has 3 rings (SSSR count). The quantitative estimate of drug-likeness (QED) is 0.438. The van der Waals surface area contributed by atoms with E-state index in [1.165, 1.54) is 17.1 Å². The first kappa shape index (κ1) is 23.6. The van der Waals surface area contributed by atoms with Gasteiger partial charge in [-0.3, -0.25) is 0 Å². The molecule has 1 aliphatic heterocycles. The van der Waals surface area contributed by atoms with E-state index >= 15 is 0 Å². The first-order chi connectivity index (χ1) is 15.2. The number of alkyl halides is 3. The molecule has 0 amide bonds. The van der Waals surface area contributed by atoms with Crippen molar-refractivity contribution in [3.05, 3.63) is 35.5 Å². The second kappa shape index (κ2) is 10.1. The second-order valence-corrected chi connectivity index (χ2v) is 7.76. The lowest BCUT2D eigenvalue weighted by Crippen LogP contribution is -2.28. The average molecular weight is 448 g/mol. The Labute approximate surface area is 185 Å². The summed E-state index contributed by atoms with van der Waals surface area (Å²) >= 11 is 0. The zero-order chi connectivity index (χ0) is 23.3. The third kappa shape index (κ3) is 5.41. The van der Waals surface area contributed by atoms with Crippen LogP contribution in [0.1, 0.15) is 30.5 Å². The summed E-state index contributed by atoms with van der Waals surface area (Å²) in [6, 6.07) is 7.33. The van der Waals surface area contributed by atoms with Crippen LogP contribution in [0, 0.1) is 17.2 Å². The molecule has 0 atom stereocenters. The summed E-state index contributed by atoms with van der Waals surface area (Å²) in [7, 11) is 3.18. The number of benzene rings is 1. The molecule has 172 valence electrons. The summed E-state index contributed by atoms with van der Waals surface area (Å²) in [6.07, 6.45) is -1.88. The minimum atomic E-state index is -4.60. The molecule has 0 unspecified atom stereocenters. The van der Waals surface area contributed by atoms with Gasteiger partial charge in [0.2, 0.25) is 0 Å². The van der Waals surface area contributed by atoms with Crippen LogP contribution in [-0.4, -0.2) is 38.8 Å². The lowest BCUT2D eigenvalue weighted by atomic mass is 9.95. The van der Waals surface area contributed by atoms with E-state index in [1.807, 2.05) is 6.07 Å². The summed E-state index contributed by atoms with van der Waals surface area (Å²) in [5.74, 6) is 6.10. The van der Waals surface area contributed by atoms with Crippen molar-refractivity contribution in [1.82, 2.24) is 10.3 Å². The Morgan fingerprint density at radius 1 is 1.31 bits per heavy atom. The van der Waals surface area contributed by atoms with Crippen molar-refractivity contribution >= 4 is 11.4 Å². The maximum Gasteiger partial charge on any atom is 0.419 e. The Hall–Kier alpha value is -3.03. The fraction of sp³-hybridized carbons (Fsp3) is 0.455. The molecule has 2 aromatic rings. The molecule has 7 nitrogen and oxygen atoms in total. The van der Waals surface area contributed by atoms with Crippen molar-refractivity contribution in [1.29, 1.82) is 5.26 Å². The Kier molecular flexibility index (Phi) is 7.43. The number of piperidine rings is 1.